The van der Waals surface area contributed by atoms with Crippen LogP contribution in [-0.4, -0.2) is 16.9 Å². The number of benzene rings is 2. The van der Waals surface area contributed by atoms with Gasteiger partial charge in [0.2, 0.25) is 5.91 Å². The number of H-pyrrole nitrogens is 1. The molecule has 0 unspecified atom stereocenters. The van der Waals surface area contributed by atoms with Gasteiger partial charge in [-0.1, -0.05) is 0 Å². The van der Waals surface area contributed by atoms with E-state index >= 15 is 0 Å². The van der Waals surface area contributed by atoms with Crippen LogP contribution in [0.25, 0.3) is 10.9 Å². The number of carbonyl (C=O) groups excluding carboxylic acids is 1. The van der Waals surface area contributed by atoms with Gasteiger partial charge >= 0.3 is 0 Å². The van der Waals surface area contributed by atoms with Crippen LogP contribution in [0.3, 0.4) is 0 Å². The molecular formula is C26H25FN4O2. The van der Waals surface area contributed by atoms with E-state index in [1.165, 1.54) is 30.5 Å². The Labute approximate surface area is 191 Å². The topological polar surface area (TPSA) is 104 Å². The number of halogens is 1. The van der Waals surface area contributed by atoms with Crippen molar-refractivity contribution in [2.45, 2.75) is 44.6 Å². The standard InChI is InChI=1S/C26H25FN4O2/c27-22-8-7-19(26(29)32)21-11-18(14-33-25(21)22)31-23(16-5-6-16)3-1-2-17-13-30-24-9-4-15(12-28)10-20(17)24/h4,7-10,13-14,16,23,30-31H,1-3,5-6,11H2,(H2,29,32)/t23-/m1/s1. The average Bonchev–Trinajstić information content (AvgIpc) is 3.59. The number of fused-ring (bicyclic) bond motifs is 2. The second-order valence-corrected chi connectivity index (χ2v) is 8.87. The highest BCUT2D eigenvalue weighted by Crippen LogP contribution is 2.37. The van der Waals surface area contributed by atoms with Crippen LogP contribution in [0.1, 0.15) is 52.7 Å². The number of aromatic amines is 1. The maximum Gasteiger partial charge on any atom is 0.249 e. The molecule has 1 amide bonds. The summed E-state index contributed by atoms with van der Waals surface area (Å²) in [5.41, 5.74) is 10.0. The number of hydrogen-bond acceptors (Lipinski definition) is 4. The molecule has 0 radical (unpaired) electrons. The highest BCUT2D eigenvalue weighted by atomic mass is 19.1. The van der Waals surface area contributed by atoms with Gasteiger partial charge in [0.15, 0.2) is 11.6 Å². The van der Waals surface area contributed by atoms with E-state index < -0.39 is 11.7 Å². The van der Waals surface area contributed by atoms with Crippen LogP contribution in [0.4, 0.5) is 4.39 Å². The first-order valence-electron chi connectivity index (χ1n) is 11.3. The molecule has 4 N–H and O–H groups in total. The van der Waals surface area contributed by atoms with E-state index in [9.17, 15) is 14.4 Å². The number of allylic oxidation sites excluding steroid dienone is 1. The Morgan fingerprint density at radius 2 is 2.18 bits per heavy atom. The van der Waals surface area contributed by atoms with Crippen molar-refractivity contribution in [1.82, 2.24) is 10.3 Å². The van der Waals surface area contributed by atoms with Crippen LogP contribution in [0.5, 0.6) is 5.75 Å². The zero-order chi connectivity index (χ0) is 22.9. The summed E-state index contributed by atoms with van der Waals surface area (Å²) in [5, 5.41) is 13.9. The van der Waals surface area contributed by atoms with Crippen molar-refractivity contribution in [3.05, 3.63) is 76.6 Å². The number of aryl methyl sites for hydroxylation is 1. The predicted molar refractivity (Wildman–Crippen MR) is 123 cm³/mol. The fourth-order valence-electron chi connectivity index (χ4n) is 4.71. The van der Waals surface area contributed by atoms with Crippen molar-refractivity contribution < 1.29 is 13.9 Å². The van der Waals surface area contributed by atoms with E-state index in [0.29, 0.717) is 23.5 Å². The van der Waals surface area contributed by atoms with Crippen molar-refractivity contribution in [3.63, 3.8) is 0 Å². The molecule has 33 heavy (non-hydrogen) atoms. The molecule has 2 heterocycles. The van der Waals surface area contributed by atoms with Crippen molar-refractivity contribution in [2.75, 3.05) is 0 Å². The van der Waals surface area contributed by atoms with Crippen LogP contribution < -0.4 is 15.8 Å². The predicted octanol–water partition coefficient (Wildman–Crippen LogP) is 4.44. The summed E-state index contributed by atoms with van der Waals surface area (Å²) in [6.45, 7) is 0. The minimum atomic E-state index is -0.590. The van der Waals surface area contributed by atoms with Gasteiger partial charge in [0.1, 0.15) is 6.26 Å². The normalized spacial score (nSPS) is 15.8. The summed E-state index contributed by atoms with van der Waals surface area (Å²) in [4.78, 5) is 15.1. The molecule has 6 nitrogen and oxygen atoms in total. The molecule has 1 aromatic heterocycles. The first-order valence-corrected chi connectivity index (χ1v) is 11.3. The van der Waals surface area contributed by atoms with Gasteiger partial charge in [0.05, 0.1) is 17.3 Å². The minimum absolute atomic E-state index is 0.0795. The first-order chi connectivity index (χ1) is 16.0. The molecule has 0 spiro atoms. The number of nitrogens with one attached hydrogen (secondary N) is 2. The van der Waals surface area contributed by atoms with Crippen LogP contribution in [-0.2, 0) is 12.8 Å². The lowest BCUT2D eigenvalue weighted by Gasteiger charge is -2.25. The van der Waals surface area contributed by atoms with Gasteiger partial charge in [-0.05, 0) is 73.9 Å². The monoisotopic (exact) mass is 444 g/mol. The number of amides is 1. The SMILES string of the molecule is N#Cc1ccc2[nH]cc(CCC[C@@H](NC3=COc4c(F)ccc(C(N)=O)c4C3)C3CC3)c2c1. The summed E-state index contributed by atoms with van der Waals surface area (Å²) >= 11 is 0. The Morgan fingerprint density at radius 3 is 2.94 bits per heavy atom. The molecule has 0 bridgehead atoms. The van der Waals surface area contributed by atoms with E-state index in [0.717, 1.165) is 35.9 Å². The molecule has 3 aromatic rings. The fourth-order valence-corrected chi connectivity index (χ4v) is 4.71. The summed E-state index contributed by atoms with van der Waals surface area (Å²) in [6, 6.07) is 10.8. The maximum atomic E-state index is 14.2. The Kier molecular flexibility index (Phi) is 5.51. The van der Waals surface area contributed by atoms with Crippen LogP contribution in [0.2, 0.25) is 0 Å². The number of hydrogen-bond donors (Lipinski definition) is 3. The van der Waals surface area contributed by atoms with Gasteiger partial charge in [-0.2, -0.15) is 5.26 Å². The van der Waals surface area contributed by atoms with Crippen molar-refractivity contribution in [2.24, 2.45) is 11.7 Å². The Bertz CT molecular complexity index is 1300. The number of primary amides is 1. The molecule has 2 aliphatic rings. The van der Waals surface area contributed by atoms with E-state index in [2.05, 4.69) is 16.4 Å². The number of nitriles is 1. The molecule has 5 rings (SSSR count). The smallest absolute Gasteiger partial charge is 0.249 e. The van der Waals surface area contributed by atoms with Gasteiger partial charge < -0.3 is 20.8 Å². The zero-order valence-electron chi connectivity index (χ0n) is 18.2. The number of aromatic nitrogens is 1. The highest BCUT2D eigenvalue weighted by Gasteiger charge is 2.32. The highest BCUT2D eigenvalue weighted by molar-refractivity contribution is 5.95. The van der Waals surface area contributed by atoms with Crippen LogP contribution in [0.15, 0.2) is 48.5 Å². The second kappa shape index (κ2) is 8.62. The first kappa shape index (κ1) is 21.1. The van der Waals surface area contributed by atoms with Gasteiger partial charge in [0.25, 0.3) is 0 Å². The fraction of sp³-hybridized carbons (Fsp3) is 0.308. The summed E-state index contributed by atoms with van der Waals surface area (Å²) in [7, 11) is 0. The van der Waals surface area contributed by atoms with Crippen LogP contribution in [0, 0.1) is 23.1 Å². The lowest BCUT2D eigenvalue weighted by Crippen LogP contribution is -2.33. The molecule has 1 aliphatic heterocycles. The maximum absolute atomic E-state index is 14.2. The van der Waals surface area contributed by atoms with Crippen molar-refractivity contribution in [1.29, 1.82) is 5.26 Å². The summed E-state index contributed by atoms with van der Waals surface area (Å²) in [6.07, 6.45) is 9.21. The molecule has 2 aromatic carbocycles. The lowest BCUT2D eigenvalue weighted by molar-refractivity contribution is 0.0999. The largest absolute Gasteiger partial charge is 0.460 e. The van der Waals surface area contributed by atoms with E-state index in [1.54, 1.807) is 6.26 Å². The molecule has 1 fully saturated rings. The van der Waals surface area contributed by atoms with Crippen molar-refractivity contribution in [3.8, 4) is 11.8 Å². The van der Waals surface area contributed by atoms with Crippen molar-refractivity contribution >= 4 is 16.8 Å². The number of ether oxygens (including phenoxy) is 1. The van der Waals surface area contributed by atoms with Gasteiger partial charge in [-0.25, -0.2) is 4.39 Å². The average molecular weight is 445 g/mol. The van der Waals surface area contributed by atoms with E-state index in [4.69, 9.17) is 10.5 Å². The number of nitrogens with zero attached hydrogens (tertiary/aromatic N) is 1. The third kappa shape index (κ3) is 4.29. The summed E-state index contributed by atoms with van der Waals surface area (Å²) < 4.78 is 19.7. The molecular weight excluding hydrogens is 419 g/mol. The quantitative estimate of drug-likeness (QED) is 0.478. The lowest BCUT2D eigenvalue weighted by atomic mass is 9.97. The Balaban J connectivity index is 1.25. The molecule has 1 aliphatic carbocycles. The third-order valence-corrected chi connectivity index (χ3v) is 6.58. The van der Waals surface area contributed by atoms with E-state index in [-0.39, 0.29) is 17.4 Å². The van der Waals surface area contributed by atoms with Gasteiger partial charge in [-0.3, -0.25) is 4.79 Å². The van der Waals surface area contributed by atoms with Gasteiger partial charge in [0, 0.05) is 40.7 Å². The zero-order valence-corrected chi connectivity index (χ0v) is 18.2. The molecule has 7 heteroatoms. The number of rotatable bonds is 8. The number of carbonyl (C=O) groups is 1. The Morgan fingerprint density at radius 1 is 1.33 bits per heavy atom. The minimum Gasteiger partial charge on any atom is -0.460 e. The summed E-state index contributed by atoms with van der Waals surface area (Å²) in [5.74, 6) is -0.407. The van der Waals surface area contributed by atoms with E-state index in [1.807, 2.05) is 24.4 Å². The molecule has 1 saturated carbocycles. The van der Waals surface area contributed by atoms with Crippen LogP contribution >= 0.6 is 0 Å². The van der Waals surface area contributed by atoms with Gasteiger partial charge in [-0.15, -0.1) is 0 Å². The molecule has 1 atom stereocenters. The second-order valence-electron chi connectivity index (χ2n) is 8.87. The third-order valence-electron chi connectivity index (χ3n) is 6.58. The number of nitrogens with two attached hydrogens (primary N) is 1. The molecule has 168 valence electrons. The Hall–Kier alpha value is -3.79. The molecule has 0 saturated heterocycles.